The molecule has 3 heteroatoms. The van der Waals surface area contributed by atoms with Gasteiger partial charge in [0.25, 0.3) is 0 Å². The highest BCUT2D eigenvalue weighted by Crippen LogP contribution is 2.45. The molecule has 0 aliphatic heterocycles. The van der Waals surface area contributed by atoms with E-state index < -0.39 is 11.4 Å². The average molecular weight is 300 g/mol. The minimum atomic E-state index is -0.559. The molecule has 21 heavy (non-hydrogen) atoms. The zero-order valence-corrected chi connectivity index (χ0v) is 15.2. The minimum Gasteiger partial charge on any atom is -0.300 e. The molecule has 0 aliphatic carbocycles. The van der Waals surface area contributed by atoms with E-state index in [9.17, 15) is 4.79 Å². The number of rotatable bonds is 9. The van der Waals surface area contributed by atoms with Crippen molar-refractivity contribution in [2.45, 2.75) is 87.0 Å². The molecule has 0 saturated heterocycles. The Morgan fingerprint density at radius 3 is 1.76 bits per heavy atom. The SMILES string of the molecule is CCC(C)C(CCCCC(C)(C)C)(C(=O)OO)C(C)CC. The van der Waals surface area contributed by atoms with Crippen LogP contribution in [0.3, 0.4) is 0 Å². The lowest BCUT2D eigenvalue weighted by molar-refractivity contribution is -0.252. The third-order valence-electron chi connectivity index (χ3n) is 5.21. The van der Waals surface area contributed by atoms with Crippen LogP contribution < -0.4 is 0 Å². The number of carbonyl (C=O) groups excluding carboxylic acids is 1. The molecule has 2 atom stereocenters. The fourth-order valence-corrected chi connectivity index (χ4v) is 3.37. The molecule has 0 amide bonds. The van der Waals surface area contributed by atoms with Crippen LogP contribution in [-0.4, -0.2) is 11.2 Å². The van der Waals surface area contributed by atoms with Gasteiger partial charge in [-0.15, -0.1) is 0 Å². The molecule has 0 bridgehead atoms. The highest BCUT2D eigenvalue weighted by molar-refractivity contribution is 5.77. The first-order valence-electron chi connectivity index (χ1n) is 8.51. The Hall–Kier alpha value is -0.570. The molecule has 0 heterocycles. The highest BCUT2D eigenvalue weighted by atomic mass is 17.1. The van der Waals surface area contributed by atoms with Crippen molar-refractivity contribution < 1.29 is 14.9 Å². The third-order valence-corrected chi connectivity index (χ3v) is 5.21. The number of unbranched alkanes of at least 4 members (excludes halogenated alkanes) is 1. The Morgan fingerprint density at radius 2 is 1.43 bits per heavy atom. The summed E-state index contributed by atoms with van der Waals surface area (Å²) in [6.45, 7) is 15.1. The van der Waals surface area contributed by atoms with E-state index in [1.54, 1.807) is 0 Å². The van der Waals surface area contributed by atoms with Gasteiger partial charge in [-0.1, -0.05) is 74.1 Å². The molecule has 0 aromatic heterocycles. The van der Waals surface area contributed by atoms with Crippen LogP contribution in [0.5, 0.6) is 0 Å². The molecule has 0 rings (SSSR count). The maximum atomic E-state index is 12.4. The summed E-state index contributed by atoms with van der Waals surface area (Å²) in [5, 5.41) is 9.00. The van der Waals surface area contributed by atoms with Crippen LogP contribution in [0.4, 0.5) is 0 Å². The van der Waals surface area contributed by atoms with Crippen LogP contribution in [0.2, 0.25) is 0 Å². The standard InChI is InChI=1S/C18H36O3/c1-8-14(3)18(15(4)9-2,16(19)21-20)13-11-10-12-17(5,6)7/h14-15,20H,8-13H2,1-7H3. The fourth-order valence-electron chi connectivity index (χ4n) is 3.37. The van der Waals surface area contributed by atoms with Gasteiger partial charge in [0, 0.05) is 0 Å². The zero-order valence-electron chi connectivity index (χ0n) is 15.2. The van der Waals surface area contributed by atoms with E-state index in [1.807, 2.05) is 0 Å². The van der Waals surface area contributed by atoms with Crippen LogP contribution in [0, 0.1) is 22.7 Å². The third kappa shape index (κ3) is 5.61. The number of carbonyl (C=O) groups is 1. The monoisotopic (exact) mass is 300 g/mol. The topological polar surface area (TPSA) is 46.5 Å². The Labute approximate surface area is 131 Å². The van der Waals surface area contributed by atoms with Gasteiger partial charge in [0.1, 0.15) is 0 Å². The summed E-state index contributed by atoms with van der Waals surface area (Å²) in [4.78, 5) is 16.6. The van der Waals surface area contributed by atoms with Gasteiger partial charge in [-0.2, -0.15) is 5.26 Å². The molecule has 2 unspecified atom stereocenters. The smallest absolute Gasteiger partial charge is 0.300 e. The molecule has 126 valence electrons. The maximum Gasteiger partial charge on any atom is 0.348 e. The van der Waals surface area contributed by atoms with Gasteiger partial charge in [-0.25, -0.2) is 4.79 Å². The number of hydrogen-bond donors (Lipinski definition) is 1. The van der Waals surface area contributed by atoms with Crippen molar-refractivity contribution in [3.05, 3.63) is 0 Å². The van der Waals surface area contributed by atoms with Crippen molar-refractivity contribution in [1.29, 1.82) is 0 Å². The molecule has 0 fully saturated rings. The molecule has 0 aromatic rings. The molecule has 0 aliphatic rings. The van der Waals surface area contributed by atoms with Gasteiger partial charge in [-0.3, -0.25) is 0 Å². The summed E-state index contributed by atoms with van der Waals surface area (Å²) in [5.41, 5.74) is -0.233. The van der Waals surface area contributed by atoms with Crippen molar-refractivity contribution in [2.24, 2.45) is 22.7 Å². The second-order valence-corrected chi connectivity index (χ2v) is 7.81. The summed E-state index contributed by atoms with van der Waals surface area (Å²) in [6, 6.07) is 0. The molecule has 0 saturated carbocycles. The summed E-state index contributed by atoms with van der Waals surface area (Å²) in [7, 11) is 0. The predicted octanol–water partition coefficient (Wildman–Crippen LogP) is 5.69. The lowest BCUT2D eigenvalue weighted by atomic mass is 9.63. The van der Waals surface area contributed by atoms with Crippen LogP contribution in [-0.2, 0) is 9.68 Å². The van der Waals surface area contributed by atoms with Crippen LogP contribution >= 0.6 is 0 Å². The van der Waals surface area contributed by atoms with Gasteiger partial charge in [0.05, 0.1) is 5.41 Å². The van der Waals surface area contributed by atoms with Crippen molar-refractivity contribution in [2.75, 3.05) is 0 Å². The fraction of sp³-hybridized carbons (Fsp3) is 0.944. The first kappa shape index (κ1) is 20.4. The van der Waals surface area contributed by atoms with Gasteiger partial charge in [0.15, 0.2) is 0 Å². The molecule has 0 spiro atoms. The van der Waals surface area contributed by atoms with Gasteiger partial charge >= 0.3 is 5.97 Å². The van der Waals surface area contributed by atoms with Crippen molar-refractivity contribution in [3.63, 3.8) is 0 Å². The Morgan fingerprint density at radius 1 is 1.00 bits per heavy atom. The second kappa shape index (κ2) is 8.77. The highest BCUT2D eigenvalue weighted by Gasteiger charge is 2.47. The Bertz CT molecular complexity index is 294. The van der Waals surface area contributed by atoms with Gasteiger partial charge < -0.3 is 4.89 Å². The summed E-state index contributed by atoms with van der Waals surface area (Å²) < 4.78 is 0. The summed E-state index contributed by atoms with van der Waals surface area (Å²) in [5.74, 6) is -0.0227. The van der Waals surface area contributed by atoms with E-state index in [0.29, 0.717) is 5.41 Å². The summed E-state index contributed by atoms with van der Waals surface area (Å²) >= 11 is 0. The van der Waals surface area contributed by atoms with E-state index >= 15 is 0 Å². The first-order valence-corrected chi connectivity index (χ1v) is 8.51. The van der Waals surface area contributed by atoms with E-state index in [1.165, 1.54) is 0 Å². The maximum absolute atomic E-state index is 12.4. The molecule has 0 aromatic carbocycles. The van der Waals surface area contributed by atoms with E-state index in [2.05, 4.69) is 53.4 Å². The predicted molar refractivity (Wildman–Crippen MR) is 88.0 cm³/mol. The minimum absolute atomic E-state index is 0.210. The molecular formula is C18H36O3. The van der Waals surface area contributed by atoms with E-state index in [-0.39, 0.29) is 11.8 Å². The zero-order chi connectivity index (χ0) is 16.7. The average Bonchev–Trinajstić information content (AvgIpc) is 2.44. The molecule has 3 nitrogen and oxygen atoms in total. The van der Waals surface area contributed by atoms with Gasteiger partial charge in [0.2, 0.25) is 0 Å². The van der Waals surface area contributed by atoms with Crippen LogP contribution in [0.1, 0.15) is 87.0 Å². The molecule has 1 N–H and O–H groups in total. The summed E-state index contributed by atoms with van der Waals surface area (Å²) in [6.07, 6.45) is 5.89. The lowest BCUT2D eigenvalue weighted by Crippen LogP contribution is -2.44. The van der Waals surface area contributed by atoms with Crippen molar-refractivity contribution >= 4 is 5.97 Å². The van der Waals surface area contributed by atoms with E-state index in [4.69, 9.17) is 5.26 Å². The quantitative estimate of drug-likeness (QED) is 0.338. The first-order chi connectivity index (χ1) is 9.65. The van der Waals surface area contributed by atoms with Crippen LogP contribution in [0.15, 0.2) is 0 Å². The van der Waals surface area contributed by atoms with E-state index in [0.717, 1.165) is 38.5 Å². The van der Waals surface area contributed by atoms with Gasteiger partial charge in [-0.05, 0) is 30.1 Å². The number of hydrogen-bond acceptors (Lipinski definition) is 3. The Balaban J connectivity index is 5.06. The van der Waals surface area contributed by atoms with Crippen molar-refractivity contribution in [3.8, 4) is 0 Å². The normalized spacial score (nSPS) is 17.9. The lowest BCUT2D eigenvalue weighted by Gasteiger charge is -2.40. The second-order valence-electron chi connectivity index (χ2n) is 7.81. The largest absolute Gasteiger partial charge is 0.348 e. The van der Waals surface area contributed by atoms with Crippen LogP contribution in [0.25, 0.3) is 0 Å². The van der Waals surface area contributed by atoms with Crippen molar-refractivity contribution in [1.82, 2.24) is 0 Å². The molecule has 0 radical (unpaired) electrons. The Kier molecular flexibility index (Phi) is 8.53. The molecular weight excluding hydrogens is 264 g/mol.